The van der Waals surface area contributed by atoms with Gasteiger partial charge in [0.1, 0.15) is 0 Å². The molecule has 0 aromatic heterocycles. The van der Waals surface area contributed by atoms with Gasteiger partial charge in [-0.1, -0.05) is 37.3 Å². The van der Waals surface area contributed by atoms with E-state index in [1.165, 1.54) is 0 Å². The average Bonchev–Trinajstić information content (AvgIpc) is 2.27. The predicted octanol–water partition coefficient (Wildman–Crippen LogP) is 1.08. The Morgan fingerprint density at radius 3 is 2.60 bits per heavy atom. The molecular weight excluding hydrogens is 188 g/mol. The second-order valence-electron chi connectivity index (χ2n) is 3.57. The molecule has 1 aromatic rings. The first-order valence-electron chi connectivity index (χ1n) is 5.29. The minimum atomic E-state index is 0.0403. The predicted molar refractivity (Wildman–Crippen MR) is 61.4 cm³/mol. The Labute approximate surface area is 90.7 Å². The van der Waals surface area contributed by atoms with Crippen LogP contribution in [0.3, 0.4) is 0 Å². The molecule has 0 bridgehead atoms. The monoisotopic (exact) mass is 206 g/mol. The van der Waals surface area contributed by atoms with E-state index in [2.05, 4.69) is 5.32 Å². The smallest absolute Gasteiger partial charge is 0.224 e. The number of hydrogen-bond acceptors (Lipinski definition) is 2. The van der Waals surface area contributed by atoms with Gasteiger partial charge in [0.15, 0.2) is 0 Å². The molecule has 0 aliphatic carbocycles. The van der Waals surface area contributed by atoms with Crippen LogP contribution in [-0.4, -0.2) is 18.5 Å². The first kappa shape index (κ1) is 11.7. The first-order chi connectivity index (χ1) is 7.26. The van der Waals surface area contributed by atoms with Crippen LogP contribution < -0.4 is 11.1 Å². The second kappa shape index (κ2) is 6.19. The molecule has 0 saturated heterocycles. The lowest BCUT2D eigenvalue weighted by atomic mass is 10.1. The van der Waals surface area contributed by atoms with E-state index in [-0.39, 0.29) is 11.9 Å². The number of hydrogen-bond donors (Lipinski definition) is 2. The van der Waals surface area contributed by atoms with Gasteiger partial charge in [0.25, 0.3) is 0 Å². The van der Waals surface area contributed by atoms with E-state index in [0.717, 1.165) is 12.0 Å². The standard InChI is InChI=1S/C12H18N2O/c1-2-11(9-13)14-12(15)8-10-6-4-3-5-7-10/h3-7,11H,2,8-9,13H2,1H3,(H,14,15). The van der Waals surface area contributed by atoms with Crippen LogP contribution in [0, 0.1) is 0 Å². The fraction of sp³-hybridized carbons (Fsp3) is 0.417. The molecule has 0 radical (unpaired) electrons. The van der Waals surface area contributed by atoms with E-state index in [4.69, 9.17) is 5.73 Å². The molecule has 1 aromatic carbocycles. The van der Waals surface area contributed by atoms with E-state index in [9.17, 15) is 4.79 Å². The average molecular weight is 206 g/mol. The SMILES string of the molecule is CCC(CN)NC(=O)Cc1ccccc1. The number of benzene rings is 1. The van der Waals surface area contributed by atoms with Crippen LogP contribution >= 0.6 is 0 Å². The molecular formula is C12H18N2O. The fourth-order valence-electron chi connectivity index (χ4n) is 1.39. The minimum Gasteiger partial charge on any atom is -0.352 e. The third kappa shape index (κ3) is 4.13. The number of amides is 1. The number of nitrogens with one attached hydrogen (secondary N) is 1. The highest BCUT2D eigenvalue weighted by molar-refractivity contribution is 5.78. The summed E-state index contributed by atoms with van der Waals surface area (Å²) in [4.78, 5) is 11.6. The minimum absolute atomic E-state index is 0.0403. The van der Waals surface area contributed by atoms with Crippen molar-refractivity contribution in [3.05, 3.63) is 35.9 Å². The summed E-state index contributed by atoms with van der Waals surface area (Å²) < 4.78 is 0. The Hall–Kier alpha value is -1.35. The maximum atomic E-state index is 11.6. The Kier molecular flexibility index (Phi) is 4.84. The lowest BCUT2D eigenvalue weighted by Crippen LogP contribution is -2.40. The summed E-state index contributed by atoms with van der Waals surface area (Å²) in [5.74, 6) is 0.0403. The molecule has 3 N–H and O–H groups in total. The van der Waals surface area contributed by atoms with Gasteiger partial charge in [0.05, 0.1) is 6.42 Å². The second-order valence-corrected chi connectivity index (χ2v) is 3.57. The summed E-state index contributed by atoms with van der Waals surface area (Å²) >= 11 is 0. The highest BCUT2D eigenvalue weighted by Gasteiger charge is 2.08. The van der Waals surface area contributed by atoms with Crippen molar-refractivity contribution in [3.8, 4) is 0 Å². The summed E-state index contributed by atoms with van der Waals surface area (Å²) in [6, 6.07) is 9.80. The van der Waals surface area contributed by atoms with Crippen LogP contribution in [0.2, 0.25) is 0 Å². The third-order valence-electron chi connectivity index (χ3n) is 2.35. The molecule has 82 valence electrons. The summed E-state index contributed by atoms with van der Waals surface area (Å²) in [7, 11) is 0. The highest BCUT2D eigenvalue weighted by Crippen LogP contribution is 1.99. The molecule has 0 heterocycles. The van der Waals surface area contributed by atoms with Gasteiger partial charge in [0.2, 0.25) is 5.91 Å². The molecule has 0 aliphatic rings. The van der Waals surface area contributed by atoms with Crippen LogP contribution in [0.4, 0.5) is 0 Å². The van der Waals surface area contributed by atoms with Gasteiger partial charge in [-0.15, -0.1) is 0 Å². The number of nitrogens with two attached hydrogens (primary N) is 1. The van der Waals surface area contributed by atoms with Gasteiger partial charge in [-0.2, -0.15) is 0 Å². The molecule has 15 heavy (non-hydrogen) atoms. The zero-order chi connectivity index (χ0) is 11.1. The molecule has 1 unspecified atom stereocenters. The van der Waals surface area contributed by atoms with Crippen LogP contribution in [0.1, 0.15) is 18.9 Å². The van der Waals surface area contributed by atoms with Gasteiger partial charge in [0, 0.05) is 12.6 Å². The summed E-state index contributed by atoms with van der Waals surface area (Å²) in [5, 5.41) is 2.90. The van der Waals surface area contributed by atoms with Gasteiger partial charge in [-0.25, -0.2) is 0 Å². The number of carbonyl (C=O) groups excluding carboxylic acids is 1. The lowest BCUT2D eigenvalue weighted by molar-refractivity contribution is -0.121. The van der Waals surface area contributed by atoms with Gasteiger partial charge < -0.3 is 11.1 Å². The van der Waals surface area contributed by atoms with Crippen LogP contribution in [0.25, 0.3) is 0 Å². The largest absolute Gasteiger partial charge is 0.352 e. The van der Waals surface area contributed by atoms with E-state index in [1.54, 1.807) is 0 Å². The molecule has 0 saturated carbocycles. The van der Waals surface area contributed by atoms with E-state index in [0.29, 0.717) is 13.0 Å². The fourth-order valence-corrected chi connectivity index (χ4v) is 1.39. The zero-order valence-corrected chi connectivity index (χ0v) is 9.07. The van der Waals surface area contributed by atoms with Crippen molar-refractivity contribution in [1.29, 1.82) is 0 Å². The maximum absolute atomic E-state index is 11.6. The maximum Gasteiger partial charge on any atom is 0.224 e. The lowest BCUT2D eigenvalue weighted by Gasteiger charge is -2.14. The summed E-state index contributed by atoms with van der Waals surface area (Å²) in [6.07, 6.45) is 1.30. The van der Waals surface area contributed by atoms with Gasteiger partial charge in [-0.05, 0) is 12.0 Å². The highest BCUT2D eigenvalue weighted by atomic mass is 16.1. The van der Waals surface area contributed by atoms with Crippen LogP contribution in [-0.2, 0) is 11.2 Å². The zero-order valence-electron chi connectivity index (χ0n) is 9.07. The summed E-state index contributed by atoms with van der Waals surface area (Å²) in [6.45, 7) is 2.51. The summed E-state index contributed by atoms with van der Waals surface area (Å²) in [5.41, 5.74) is 6.54. The third-order valence-corrected chi connectivity index (χ3v) is 2.35. The molecule has 1 amide bonds. The molecule has 0 spiro atoms. The van der Waals surface area contributed by atoms with Crippen LogP contribution in [0.15, 0.2) is 30.3 Å². The van der Waals surface area contributed by atoms with Crippen molar-refractivity contribution in [1.82, 2.24) is 5.32 Å². The molecule has 0 aliphatic heterocycles. The normalized spacial score (nSPS) is 12.1. The molecule has 1 atom stereocenters. The Bertz CT molecular complexity index is 294. The van der Waals surface area contributed by atoms with Crippen molar-refractivity contribution in [2.75, 3.05) is 6.54 Å². The van der Waals surface area contributed by atoms with Gasteiger partial charge >= 0.3 is 0 Å². The topological polar surface area (TPSA) is 55.1 Å². The molecule has 3 nitrogen and oxygen atoms in total. The molecule has 1 rings (SSSR count). The number of carbonyl (C=O) groups is 1. The van der Waals surface area contributed by atoms with E-state index >= 15 is 0 Å². The Morgan fingerprint density at radius 1 is 1.40 bits per heavy atom. The Morgan fingerprint density at radius 2 is 2.07 bits per heavy atom. The van der Waals surface area contributed by atoms with Crippen molar-refractivity contribution in [2.24, 2.45) is 5.73 Å². The van der Waals surface area contributed by atoms with Crippen molar-refractivity contribution >= 4 is 5.91 Å². The van der Waals surface area contributed by atoms with E-state index < -0.39 is 0 Å². The van der Waals surface area contributed by atoms with Crippen molar-refractivity contribution in [2.45, 2.75) is 25.8 Å². The van der Waals surface area contributed by atoms with Gasteiger partial charge in [-0.3, -0.25) is 4.79 Å². The number of rotatable bonds is 5. The molecule has 3 heteroatoms. The first-order valence-corrected chi connectivity index (χ1v) is 5.29. The van der Waals surface area contributed by atoms with E-state index in [1.807, 2.05) is 37.3 Å². The van der Waals surface area contributed by atoms with Crippen LogP contribution in [0.5, 0.6) is 0 Å². The van der Waals surface area contributed by atoms with Crippen molar-refractivity contribution < 1.29 is 4.79 Å². The Balaban J connectivity index is 2.43. The van der Waals surface area contributed by atoms with Crippen molar-refractivity contribution in [3.63, 3.8) is 0 Å². The quantitative estimate of drug-likeness (QED) is 0.757. The molecule has 0 fully saturated rings.